The van der Waals surface area contributed by atoms with Crippen LogP contribution in [-0.2, 0) is 14.6 Å². The van der Waals surface area contributed by atoms with Crippen molar-refractivity contribution in [2.24, 2.45) is 0 Å². The Labute approximate surface area is 156 Å². The van der Waals surface area contributed by atoms with E-state index in [0.717, 1.165) is 25.9 Å². The second kappa shape index (κ2) is 10.1. The summed E-state index contributed by atoms with van der Waals surface area (Å²) in [6, 6.07) is 6.44. The summed E-state index contributed by atoms with van der Waals surface area (Å²) in [4.78, 5) is 14.9. The molecule has 1 heterocycles. The third-order valence-corrected chi connectivity index (χ3v) is 5.91. The molecule has 1 aliphatic rings. The van der Waals surface area contributed by atoms with Crippen molar-refractivity contribution < 1.29 is 17.9 Å². The molecule has 8 heteroatoms. The molecule has 0 spiro atoms. The second-order valence-corrected chi connectivity index (χ2v) is 8.09. The van der Waals surface area contributed by atoms with E-state index in [0.29, 0.717) is 12.1 Å². The highest BCUT2D eigenvalue weighted by Crippen LogP contribution is 2.17. The van der Waals surface area contributed by atoms with Crippen molar-refractivity contribution in [3.05, 3.63) is 29.8 Å². The molecule has 1 aromatic rings. The standard InChI is InChI=1S/C17H26N2O4S.ClH/c1-3-10-19(15-8-9-18-13-15)17(20)14-4-6-16(7-5-14)24(21,22)12-11-23-2;/h4-7,15,18H,3,8-13H2,1-2H3;1H. The predicted octanol–water partition coefficient (Wildman–Crippen LogP) is 1.74. The number of carbonyl (C=O) groups is 1. The SMILES string of the molecule is CCCN(C(=O)c1ccc(S(=O)(=O)CCOC)cc1)C1CCNC1.Cl. The van der Waals surface area contributed by atoms with Crippen LogP contribution in [0.4, 0.5) is 0 Å². The van der Waals surface area contributed by atoms with Gasteiger partial charge in [-0.05, 0) is 43.7 Å². The molecule has 0 bridgehead atoms. The number of nitrogens with one attached hydrogen (secondary N) is 1. The summed E-state index contributed by atoms with van der Waals surface area (Å²) in [5, 5.41) is 3.28. The van der Waals surface area contributed by atoms with Crippen LogP contribution in [0.5, 0.6) is 0 Å². The molecule has 1 saturated heterocycles. The lowest BCUT2D eigenvalue weighted by Gasteiger charge is -2.28. The van der Waals surface area contributed by atoms with Gasteiger partial charge in [-0.2, -0.15) is 0 Å². The van der Waals surface area contributed by atoms with Crippen LogP contribution in [0, 0.1) is 0 Å². The summed E-state index contributed by atoms with van der Waals surface area (Å²) >= 11 is 0. The first-order chi connectivity index (χ1) is 11.5. The highest BCUT2D eigenvalue weighted by molar-refractivity contribution is 7.91. The van der Waals surface area contributed by atoms with Crippen molar-refractivity contribution in [2.75, 3.05) is 39.1 Å². The normalized spacial score (nSPS) is 17.1. The zero-order chi connectivity index (χ0) is 17.6. The number of carbonyl (C=O) groups excluding carboxylic acids is 1. The number of ether oxygens (including phenoxy) is 1. The topological polar surface area (TPSA) is 75.7 Å². The number of halogens is 1. The average molecular weight is 391 g/mol. The molecule has 25 heavy (non-hydrogen) atoms. The largest absolute Gasteiger partial charge is 0.384 e. The van der Waals surface area contributed by atoms with E-state index in [4.69, 9.17) is 4.74 Å². The van der Waals surface area contributed by atoms with E-state index in [2.05, 4.69) is 5.32 Å². The number of hydrogen-bond acceptors (Lipinski definition) is 5. The Balaban J connectivity index is 0.00000312. The fourth-order valence-corrected chi connectivity index (χ4v) is 4.05. The lowest BCUT2D eigenvalue weighted by atomic mass is 10.1. The smallest absolute Gasteiger partial charge is 0.254 e. The van der Waals surface area contributed by atoms with E-state index in [9.17, 15) is 13.2 Å². The lowest BCUT2D eigenvalue weighted by molar-refractivity contribution is 0.0692. The fraction of sp³-hybridized carbons (Fsp3) is 0.588. The minimum absolute atomic E-state index is 0. The highest BCUT2D eigenvalue weighted by Gasteiger charge is 2.26. The zero-order valence-corrected chi connectivity index (χ0v) is 16.4. The van der Waals surface area contributed by atoms with Crippen LogP contribution in [0.2, 0.25) is 0 Å². The average Bonchev–Trinajstić information content (AvgIpc) is 3.11. The van der Waals surface area contributed by atoms with Gasteiger partial charge in [-0.25, -0.2) is 8.42 Å². The summed E-state index contributed by atoms with van der Waals surface area (Å²) in [5.74, 6) is -0.0988. The van der Waals surface area contributed by atoms with Crippen molar-refractivity contribution in [1.82, 2.24) is 10.2 Å². The molecule has 1 fully saturated rings. The van der Waals surface area contributed by atoms with Gasteiger partial charge in [0.25, 0.3) is 5.91 Å². The first-order valence-electron chi connectivity index (χ1n) is 8.33. The van der Waals surface area contributed by atoms with Gasteiger partial charge in [0, 0.05) is 31.8 Å². The molecule has 1 aliphatic heterocycles. The lowest BCUT2D eigenvalue weighted by Crippen LogP contribution is -2.42. The quantitative estimate of drug-likeness (QED) is 0.731. The molecule has 0 aliphatic carbocycles. The number of hydrogen-bond donors (Lipinski definition) is 1. The number of methoxy groups -OCH3 is 1. The Hall–Kier alpha value is -1.15. The van der Waals surface area contributed by atoms with E-state index in [1.807, 2.05) is 11.8 Å². The van der Waals surface area contributed by atoms with Gasteiger partial charge in [-0.1, -0.05) is 6.92 Å². The van der Waals surface area contributed by atoms with Crippen LogP contribution in [0.25, 0.3) is 0 Å². The van der Waals surface area contributed by atoms with E-state index >= 15 is 0 Å². The first kappa shape index (κ1) is 21.9. The monoisotopic (exact) mass is 390 g/mol. The molecule has 0 aromatic heterocycles. The van der Waals surface area contributed by atoms with Gasteiger partial charge in [0.15, 0.2) is 9.84 Å². The highest BCUT2D eigenvalue weighted by atomic mass is 35.5. The van der Waals surface area contributed by atoms with E-state index in [-0.39, 0.29) is 41.6 Å². The maximum atomic E-state index is 12.8. The summed E-state index contributed by atoms with van der Waals surface area (Å²) in [6.45, 7) is 4.65. The van der Waals surface area contributed by atoms with Crippen LogP contribution < -0.4 is 5.32 Å². The Morgan fingerprint density at radius 1 is 1.32 bits per heavy atom. The molecule has 1 unspecified atom stereocenters. The van der Waals surface area contributed by atoms with Gasteiger partial charge in [0.05, 0.1) is 17.3 Å². The molecule has 142 valence electrons. The minimum Gasteiger partial charge on any atom is -0.384 e. The molecule has 1 N–H and O–H groups in total. The van der Waals surface area contributed by atoms with Gasteiger partial charge >= 0.3 is 0 Å². The second-order valence-electron chi connectivity index (χ2n) is 5.98. The third kappa shape index (κ3) is 5.67. The Bertz CT molecular complexity index is 643. The Kier molecular flexibility index (Phi) is 8.85. The van der Waals surface area contributed by atoms with Crippen molar-refractivity contribution >= 4 is 28.2 Å². The molecule has 1 aromatic carbocycles. The van der Waals surface area contributed by atoms with Crippen molar-refractivity contribution in [3.8, 4) is 0 Å². The van der Waals surface area contributed by atoms with Crippen LogP contribution >= 0.6 is 12.4 Å². The predicted molar refractivity (Wildman–Crippen MR) is 100 cm³/mol. The van der Waals surface area contributed by atoms with Crippen LogP contribution in [0.3, 0.4) is 0 Å². The van der Waals surface area contributed by atoms with Gasteiger partial charge in [-0.3, -0.25) is 4.79 Å². The number of nitrogens with zero attached hydrogens (tertiary/aromatic N) is 1. The van der Waals surface area contributed by atoms with Crippen LogP contribution in [0.1, 0.15) is 30.1 Å². The molecule has 6 nitrogen and oxygen atoms in total. The van der Waals surface area contributed by atoms with Crippen LogP contribution in [0.15, 0.2) is 29.2 Å². The van der Waals surface area contributed by atoms with E-state index in [1.54, 1.807) is 12.1 Å². The van der Waals surface area contributed by atoms with Crippen molar-refractivity contribution in [3.63, 3.8) is 0 Å². The molecular weight excluding hydrogens is 364 g/mol. The third-order valence-electron chi connectivity index (χ3n) is 4.22. The molecule has 1 amide bonds. The molecule has 2 rings (SSSR count). The summed E-state index contributed by atoms with van der Waals surface area (Å²) in [6.07, 6.45) is 1.85. The summed E-state index contributed by atoms with van der Waals surface area (Å²) in [5.41, 5.74) is 0.529. The molecule has 0 saturated carbocycles. The maximum Gasteiger partial charge on any atom is 0.254 e. The zero-order valence-electron chi connectivity index (χ0n) is 14.7. The van der Waals surface area contributed by atoms with Gasteiger partial charge in [-0.15, -0.1) is 12.4 Å². The number of benzene rings is 1. The maximum absolute atomic E-state index is 12.8. The van der Waals surface area contributed by atoms with Crippen molar-refractivity contribution in [1.29, 1.82) is 0 Å². The minimum atomic E-state index is -3.37. The molecule has 0 radical (unpaired) electrons. The molecule has 1 atom stereocenters. The van der Waals surface area contributed by atoms with E-state index < -0.39 is 9.84 Å². The van der Waals surface area contributed by atoms with Gasteiger partial charge < -0.3 is 15.0 Å². The fourth-order valence-electron chi connectivity index (χ4n) is 2.88. The number of sulfone groups is 1. The van der Waals surface area contributed by atoms with E-state index in [1.165, 1.54) is 19.2 Å². The van der Waals surface area contributed by atoms with Gasteiger partial charge in [0.2, 0.25) is 0 Å². The van der Waals surface area contributed by atoms with Crippen molar-refractivity contribution in [2.45, 2.75) is 30.7 Å². The summed E-state index contributed by atoms with van der Waals surface area (Å²) < 4.78 is 29.1. The van der Waals surface area contributed by atoms with Gasteiger partial charge in [0.1, 0.15) is 0 Å². The summed E-state index contributed by atoms with van der Waals surface area (Å²) in [7, 11) is -1.90. The first-order valence-corrected chi connectivity index (χ1v) is 9.98. The van der Waals surface area contributed by atoms with Crippen LogP contribution in [-0.4, -0.2) is 64.4 Å². The number of rotatable bonds is 8. The number of amides is 1. The Morgan fingerprint density at radius 2 is 2.00 bits per heavy atom. The molecular formula is C17H27ClN2O4S. The Morgan fingerprint density at radius 3 is 2.52 bits per heavy atom.